The van der Waals surface area contributed by atoms with Crippen LogP contribution in [0.2, 0.25) is 0 Å². The number of nitrogens with one attached hydrogen (secondary N) is 1. The number of carbonyl (C=O) groups excluding carboxylic acids is 1. The zero-order valence-electron chi connectivity index (χ0n) is 12.7. The molecule has 0 atom stereocenters. The second kappa shape index (κ2) is 6.39. The average Bonchev–Trinajstić information content (AvgIpc) is 2.54. The number of anilines is 1. The number of hydrazine groups is 1. The van der Waals surface area contributed by atoms with Gasteiger partial charge in [-0.25, -0.2) is 15.2 Å². The van der Waals surface area contributed by atoms with Gasteiger partial charge >= 0.3 is 0 Å². The lowest BCUT2D eigenvalue weighted by Gasteiger charge is -2.41. The monoisotopic (exact) mass is 294 g/mol. The number of nitrogen functional groups attached to an aromatic ring is 1. The van der Waals surface area contributed by atoms with Crippen LogP contribution in [0.25, 0.3) is 0 Å². The van der Waals surface area contributed by atoms with Crippen molar-refractivity contribution in [1.29, 1.82) is 0 Å². The topological polar surface area (TPSA) is 71.2 Å². The van der Waals surface area contributed by atoms with E-state index in [0.717, 1.165) is 25.7 Å². The maximum atomic E-state index is 14.1. The Morgan fingerprint density at radius 1 is 1.43 bits per heavy atom. The lowest BCUT2D eigenvalue weighted by atomic mass is 9.74. The van der Waals surface area contributed by atoms with Crippen LogP contribution in [0.4, 0.5) is 10.2 Å². The van der Waals surface area contributed by atoms with Crippen LogP contribution >= 0.6 is 0 Å². The molecule has 0 radical (unpaired) electrons. The van der Waals surface area contributed by atoms with Crippen LogP contribution in [0.5, 0.6) is 0 Å². The van der Waals surface area contributed by atoms with E-state index in [4.69, 9.17) is 5.84 Å². The minimum absolute atomic E-state index is 0.0263. The standard InChI is InChI=1S/C15H23FN4O/c1-3-15(4-2)6-9-20(10-7-15)14(21)11-5-8-18-13(19-17)12(11)16/h5,8H,3-4,6-7,9-10,17H2,1-2H3,(H,18,19). The second-order valence-electron chi connectivity index (χ2n) is 5.66. The zero-order chi connectivity index (χ0) is 15.5. The maximum Gasteiger partial charge on any atom is 0.257 e. The first kappa shape index (κ1) is 15.7. The predicted molar refractivity (Wildman–Crippen MR) is 80.2 cm³/mol. The first-order valence-electron chi connectivity index (χ1n) is 7.47. The van der Waals surface area contributed by atoms with Crippen LogP contribution in [0.15, 0.2) is 12.3 Å². The quantitative estimate of drug-likeness (QED) is 0.661. The van der Waals surface area contributed by atoms with Crippen molar-refractivity contribution >= 4 is 11.7 Å². The molecule has 6 heteroatoms. The van der Waals surface area contributed by atoms with Crippen LogP contribution in [-0.2, 0) is 0 Å². The smallest absolute Gasteiger partial charge is 0.257 e. The van der Waals surface area contributed by atoms with Crippen LogP contribution in [0.1, 0.15) is 49.9 Å². The van der Waals surface area contributed by atoms with Gasteiger partial charge in [0.2, 0.25) is 0 Å². The summed E-state index contributed by atoms with van der Waals surface area (Å²) >= 11 is 0. The van der Waals surface area contributed by atoms with Crippen molar-refractivity contribution < 1.29 is 9.18 Å². The van der Waals surface area contributed by atoms with E-state index in [2.05, 4.69) is 24.3 Å². The van der Waals surface area contributed by atoms with E-state index >= 15 is 0 Å². The fourth-order valence-corrected chi connectivity index (χ4v) is 3.02. The van der Waals surface area contributed by atoms with Crippen LogP contribution in [0.3, 0.4) is 0 Å². The zero-order valence-corrected chi connectivity index (χ0v) is 12.7. The number of nitrogens with two attached hydrogens (primary N) is 1. The molecule has 2 rings (SSSR count). The number of amides is 1. The highest BCUT2D eigenvalue weighted by Crippen LogP contribution is 2.38. The van der Waals surface area contributed by atoms with Crippen molar-refractivity contribution in [2.75, 3.05) is 18.5 Å². The molecule has 5 nitrogen and oxygen atoms in total. The molecule has 0 aliphatic carbocycles. The molecule has 1 aliphatic heterocycles. The highest BCUT2D eigenvalue weighted by Gasteiger charge is 2.33. The predicted octanol–water partition coefficient (Wildman–Crippen LogP) is 2.55. The number of nitrogens with zero attached hydrogens (tertiary/aromatic N) is 2. The highest BCUT2D eigenvalue weighted by molar-refractivity contribution is 5.95. The molecule has 3 N–H and O–H groups in total. The van der Waals surface area contributed by atoms with Crippen molar-refractivity contribution in [1.82, 2.24) is 9.88 Å². The van der Waals surface area contributed by atoms with Gasteiger partial charge in [-0.1, -0.05) is 26.7 Å². The number of rotatable bonds is 4. The molecule has 1 amide bonds. The molecule has 1 aliphatic rings. The highest BCUT2D eigenvalue weighted by atomic mass is 19.1. The van der Waals surface area contributed by atoms with Gasteiger partial charge < -0.3 is 10.3 Å². The lowest BCUT2D eigenvalue weighted by molar-refractivity contribution is 0.0553. The van der Waals surface area contributed by atoms with Crippen LogP contribution < -0.4 is 11.3 Å². The summed E-state index contributed by atoms with van der Waals surface area (Å²) in [5, 5.41) is 0. The summed E-state index contributed by atoms with van der Waals surface area (Å²) in [5.74, 6) is 4.12. The molecule has 0 unspecified atom stereocenters. The summed E-state index contributed by atoms with van der Waals surface area (Å²) < 4.78 is 14.1. The average molecular weight is 294 g/mol. The van der Waals surface area contributed by atoms with Crippen LogP contribution in [0, 0.1) is 11.2 Å². The third kappa shape index (κ3) is 3.00. The minimum Gasteiger partial charge on any atom is -0.339 e. The lowest BCUT2D eigenvalue weighted by Crippen LogP contribution is -2.43. The molecule has 2 heterocycles. The molecule has 1 aromatic rings. The number of hydrogen-bond acceptors (Lipinski definition) is 4. The van der Waals surface area contributed by atoms with Gasteiger partial charge in [0.15, 0.2) is 11.6 Å². The molecular formula is C15H23FN4O. The van der Waals surface area contributed by atoms with E-state index in [1.165, 1.54) is 12.3 Å². The van der Waals surface area contributed by atoms with Crippen molar-refractivity contribution in [3.63, 3.8) is 0 Å². The van der Waals surface area contributed by atoms with E-state index in [-0.39, 0.29) is 17.3 Å². The molecule has 1 saturated heterocycles. The van der Waals surface area contributed by atoms with E-state index in [0.29, 0.717) is 18.5 Å². The number of carbonyl (C=O) groups is 1. The van der Waals surface area contributed by atoms with Crippen molar-refractivity contribution in [3.8, 4) is 0 Å². The third-order valence-corrected chi connectivity index (χ3v) is 4.87. The summed E-state index contributed by atoms with van der Waals surface area (Å²) in [6.07, 6.45) is 5.57. The number of hydrogen-bond donors (Lipinski definition) is 2. The molecule has 0 saturated carbocycles. The van der Waals surface area contributed by atoms with Gasteiger partial charge in [-0.2, -0.15) is 0 Å². The summed E-state index contributed by atoms with van der Waals surface area (Å²) in [7, 11) is 0. The van der Waals surface area contributed by atoms with Gasteiger partial charge in [0.1, 0.15) is 0 Å². The number of pyridine rings is 1. The Balaban J connectivity index is 2.12. The number of piperidine rings is 1. The Kier molecular flexibility index (Phi) is 4.77. The van der Waals surface area contributed by atoms with Crippen LogP contribution in [-0.4, -0.2) is 28.9 Å². The summed E-state index contributed by atoms with van der Waals surface area (Å²) in [5.41, 5.74) is 2.53. The first-order chi connectivity index (χ1) is 10.1. The van der Waals surface area contributed by atoms with E-state index < -0.39 is 5.82 Å². The number of aromatic nitrogens is 1. The van der Waals surface area contributed by atoms with E-state index in [9.17, 15) is 9.18 Å². The fraction of sp³-hybridized carbons (Fsp3) is 0.600. The molecule has 1 fully saturated rings. The molecular weight excluding hydrogens is 271 g/mol. The molecule has 0 aromatic carbocycles. The van der Waals surface area contributed by atoms with E-state index in [1.54, 1.807) is 4.90 Å². The summed E-state index contributed by atoms with van der Waals surface area (Å²) in [4.78, 5) is 17.9. The number of likely N-dealkylation sites (tertiary alicyclic amines) is 1. The Morgan fingerprint density at radius 3 is 2.57 bits per heavy atom. The van der Waals surface area contributed by atoms with Gasteiger partial charge in [-0.15, -0.1) is 0 Å². The Morgan fingerprint density at radius 2 is 2.05 bits per heavy atom. The van der Waals surface area contributed by atoms with Gasteiger partial charge in [-0.05, 0) is 24.3 Å². The maximum absolute atomic E-state index is 14.1. The first-order valence-corrected chi connectivity index (χ1v) is 7.47. The van der Waals surface area contributed by atoms with Crippen molar-refractivity contribution in [3.05, 3.63) is 23.6 Å². The van der Waals surface area contributed by atoms with Crippen molar-refractivity contribution in [2.24, 2.45) is 11.3 Å². The molecule has 1 aromatic heterocycles. The third-order valence-electron chi connectivity index (χ3n) is 4.87. The van der Waals surface area contributed by atoms with Gasteiger partial charge in [-0.3, -0.25) is 4.79 Å². The minimum atomic E-state index is -0.687. The molecule has 116 valence electrons. The van der Waals surface area contributed by atoms with E-state index in [1.807, 2.05) is 0 Å². The van der Waals surface area contributed by atoms with Gasteiger partial charge in [0.25, 0.3) is 5.91 Å². The SMILES string of the molecule is CCC1(CC)CCN(C(=O)c2ccnc(NN)c2F)CC1. The van der Waals surface area contributed by atoms with Gasteiger partial charge in [0, 0.05) is 19.3 Å². The summed E-state index contributed by atoms with van der Waals surface area (Å²) in [6.45, 7) is 5.74. The Bertz CT molecular complexity index is 506. The van der Waals surface area contributed by atoms with Gasteiger partial charge in [0.05, 0.1) is 5.56 Å². The number of halogens is 1. The molecule has 0 spiro atoms. The Labute approximate surface area is 124 Å². The fourth-order valence-electron chi connectivity index (χ4n) is 3.02. The largest absolute Gasteiger partial charge is 0.339 e. The Hall–Kier alpha value is -1.69. The normalized spacial score (nSPS) is 17.6. The summed E-state index contributed by atoms with van der Waals surface area (Å²) in [6, 6.07) is 1.40. The molecule has 21 heavy (non-hydrogen) atoms. The second-order valence-corrected chi connectivity index (χ2v) is 5.66. The molecule has 0 bridgehead atoms. The van der Waals surface area contributed by atoms with Crippen molar-refractivity contribution in [2.45, 2.75) is 39.5 Å².